The van der Waals surface area contributed by atoms with Crippen LogP contribution in [0.4, 0.5) is 5.82 Å². The molecular formula is C11H11N5S. The quantitative estimate of drug-likeness (QED) is 0.700. The van der Waals surface area contributed by atoms with Gasteiger partial charge in [-0.25, -0.2) is 0 Å². The van der Waals surface area contributed by atoms with E-state index in [4.69, 9.17) is 0 Å². The normalized spacial score (nSPS) is 11.2. The Kier molecular flexibility index (Phi) is 2.36. The summed E-state index contributed by atoms with van der Waals surface area (Å²) in [5.41, 5.74) is 1.07. The molecule has 0 saturated carbocycles. The molecule has 2 heterocycles. The topological polar surface area (TPSA) is 55.1 Å². The number of fused-ring (bicyclic) bond motifs is 3. The van der Waals surface area contributed by atoms with Gasteiger partial charge >= 0.3 is 0 Å². The number of thioether (sulfide) groups is 1. The van der Waals surface area contributed by atoms with Crippen molar-refractivity contribution >= 4 is 34.3 Å². The molecule has 1 N–H and O–H groups in total. The molecule has 0 aliphatic carbocycles. The van der Waals surface area contributed by atoms with Gasteiger partial charge in [-0.3, -0.25) is 4.40 Å². The fraction of sp³-hybridized carbons (Fsp3) is 0.182. The van der Waals surface area contributed by atoms with Crippen molar-refractivity contribution in [2.45, 2.75) is 5.16 Å². The Bertz CT molecular complexity index is 691. The highest BCUT2D eigenvalue weighted by atomic mass is 32.2. The van der Waals surface area contributed by atoms with E-state index in [0.29, 0.717) is 5.78 Å². The average Bonchev–Trinajstić information content (AvgIpc) is 2.80. The predicted molar refractivity (Wildman–Crippen MR) is 69.6 cm³/mol. The Balaban J connectivity index is 2.54. The van der Waals surface area contributed by atoms with E-state index in [1.54, 1.807) is 11.8 Å². The zero-order chi connectivity index (χ0) is 11.8. The number of nitrogens with zero attached hydrogens (tertiary/aromatic N) is 4. The number of benzene rings is 1. The molecule has 0 spiro atoms. The van der Waals surface area contributed by atoms with Crippen molar-refractivity contribution in [2.24, 2.45) is 0 Å². The van der Waals surface area contributed by atoms with Crippen molar-refractivity contribution in [1.29, 1.82) is 0 Å². The predicted octanol–water partition coefficient (Wildman–Crippen LogP) is 2.04. The van der Waals surface area contributed by atoms with Gasteiger partial charge in [0.2, 0.25) is 0 Å². The molecule has 86 valence electrons. The van der Waals surface area contributed by atoms with Gasteiger partial charge in [0.25, 0.3) is 5.78 Å². The Hall–Kier alpha value is -1.82. The van der Waals surface area contributed by atoms with Crippen molar-refractivity contribution in [3.05, 3.63) is 24.3 Å². The Labute approximate surface area is 102 Å². The minimum Gasteiger partial charge on any atom is -0.372 e. The largest absolute Gasteiger partial charge is 0.372 e. The lowest BCUT2D eigenvalue weighted by molar-refractivity contribution is 0.943. The number of nitrogens with one attached hydrogen (secondary N) is 1. The lowest BCUT2D eigenvalue weighted by Gasteiger charge is -2.07. The zero-order valence-corrected chi connectivity index (χ0v) is 10.3. The first-order valence-corrected chi connectivity index (χ1v) is 6.43. The van der Waals surface area contributed by atoms with Crippen LogP contribution >= 0.6 is 11.8 Å². The number of aromatic nitrogens is 4. The molecule has 0 fully saturated rings. The molecular weight excluding hydrogens is 234 g/mol. The maximum absolute atomic E-state index is 4.46. The SMILES string of the molecule is CNc1nc2nnc(SC)n2c2ccccc12. The molecule has 0 unspecified atom stereocenters. The summed E-state index contributed by atoms with van der Waals surface area (Å²) in [6, 6.07) is 8.09. The van der Waals surface area contributed by atoms with Crippen molar-refractivity contribution < 1.29 is 0 Å². The molecule has 1 aromatic carbocycles. The van der Waals surface area contributed by atoms with E-state index in [1.165, 1.54) is 0 Å². The highest BCUT2D eigenvalue weighted by Gasteiger charge is 2.11. The van der Waals surface area contributed by atoms with Crippen molar-refractivity contribution in [3.63, 3.8) is 0 Å². The average molecular weight is 245 g/mol. The molecule has 3 rings (SSSR count). The van der Waals surface area contributed by atoms with Crippen LogP contribution in [0.3, 0.4) is 0 Å². The summed E-state index contributed by atoms with van der Waals surface area (Å²) >= 11 is 1.56. The third-order valence-electron chi connectivity index (χ3n) is 2.65. The third kappa shape index (κ3) is 1.44. The standard InChI is InChI=1S/C11H11N5S/c1-12-9-7-5-3-4-6-8(7)16-10(13-9)14-15-11(16)17-2/h3-6H,1-2H3,(H,12,13,14). The van der Waals surface area contributed by atoms with Crippen LogP contribution in [-0.2, 0) is 0 Å². The van der Waals surface area contributed by atoms with Crippen LogP contribution in [-0.4, -0.2) is 32.9 Å². The highest BCUT2D eigenvalue weighted by molar-refractivity contribution is 7.98. The maximum Gasteiger partial charge on any atom is 0.258 e. The molecule has 0 saturated heterocycles. The Morgan fingerprint density at radius 3 is 2.82 bits per heavy atom. The van der Waals surface area contributed by atoms with Crippen LogP contribution in [0.1, 0.15) is 0 Å². The number of hydrogen-bond acceptors (Lipinski definition) is 5. The summed E-state index contributed by atoms with van der Waals surface area (Å²) in [4.78, 5) is 4.46. The second kappa shape index (κ2) is 3.89. The first-order valence-electron chi connectivity index (χ1n) is 5.20. The smallest absolute Gasteiger partial charge is 0.258 e. The maximum atomic E-state index is 4.46. The summed E-state index contributed by atoms with van der Waals surface area (Å²) < 4.78 is 1.97. The molecule has 0 amide bonds. The van der Waals surface area contributed by atoms with Crippen molar-refractivity contribution in [3.8, 4) is 0 Å². The summed E-state index contributed by atoms with van der Waals surface area (Å²) in [5.74, 6) is 1.45. The number of para-hydroxylation sites is 1. The van der Waals surface area contributed by atoms with E-state index in [9.17, 15) is 0 Å². The lowest BCUT2D eigenvalue weighted by Crippen LogP contribution is -1.99. The lowest BCUT2D eigenvalue weighted by atomic mass is 10.2. The minimum absolute atomic E-state index is 0.623. The van der Waals surface area contributed by atoms with Crippen LogP contribution < -0.4 is 5.32 Å². The number of anilines is 1. The molecule has 0 bridgehead atoms. The van der Waals surface area contributed by atoms with Crippen molar-refractivity contribution in [1.82, 2.24) is 19.6 Å². The molecule has 17 heavy (non-hydrogen) atoms. The van der Waals surface area contributed by atoms with E-state index >= 15 is 0 Å². The molecule has 0 aliphatic rings. The van der Waals surface area contributed by atoms with Crippen LogP contribution in [0.25, 0.3) is 16.7 Å². The fourth-order valence-corrected chi connectivity index (χ4v) is 2.38. The van der Waals surface area contributed by atoms with Crippen LogP contribution in [0.5, 0.6) is 0 Å². The van der Waals surface area contributed by atoms with E-state index < -0.39 is 0 Å². The molecule has 5 nitrogen and oxygen atoms in total. The second-order valence-corrected chi connectivity index (χ2v) is 4.32. The third-order valence-corrected chi connectivity index (χ3v) is 3.28. The first kappa shape index (κ1) is 10.3. The molecule has 0 aliphatic heterocycles. The minimum atomic E-state index is 0.623. The van der Waals surface area contributed by atoms with Gasteiger partial charge in [0.1, 0.15) is 5.82 Å². The van der Waals surface area contributed by atoms with Gasteiger partial charge in [-0.15, -0.1) is 10.2 Å². The highest BCUT2D eigenvalue weighted by Crippen LogP contribution is 2.25. The Morgan fingerprint density at radius 2 is 2.06 bits per heavy atom. The second-order valence-electron chi connectivity index (χ2n) is 3.55. The first-order chi connectivity index (χ1) is 8.35. The summed E-state index contributed by atoms with van der Waals surface area (Å²) in [5, 5.41) is 13.2. The Morgan fingerprint density at radius 1 is 1.24 bits per heavy atom. The summed E-state index contributed by atoms with van der Waals surface area (Å²) in [6.07, 6.45) is 1.98. The fourth-order valence-electron chi connectivity index (χ4n) is 1.90. The van der Waals surface area contributed by atoms with E-state index in [2.05, 4.69) is 20.5 Å². The molecule has 0 radical (unpaired) electrons. The van der Waals surface area contributed by atoms with Crippen LogP contribution in [0, 0.1) is 0 Å². The number of hydrogen-bond donors (Lipinski definition) is 1. The molecule has 3 aromatic rings. The van der Waals surface area contributed by atoms with Gasteiger partial charge in [-0.1, -0.05) is 23.9 Å². The molecule has 6 heteroatoms. The monoisotopic (exact) mass is 245 g/mol. The van der Waals surface area contributed by atoms with Gasteiger partial charge in [0.05, 0.1) is 5.52 Å². The van der Waals surface area contributed by atoms with Gasteiger partial charge in [0.15, 0.2) is 5.16 Å². The van der Waals surface area contributed by atoms with Crippen LogP contribution in [0.2, 0.25) is 0 Å². The van der Waals surface area contributed by atoms with Crippen molar-refractivity contribution in [2.75, 3.05) is 18.6 Å². The zero-order valence-electron chi connectivity index (χ0n) is 9.51. The molecule has 0 atom stereocenters. The van der Waals surface area contributed by atoms with Gasteiger partial charge in [-0.05, 0) is 18.4 Å². The van der Waals surface area contributed by atoms with Gasteiger partial charge in [-0.2, -0.15) is 4.98 Å². The number of rotatable bonds is 2. The van der Waals surface area contributed by atoms with E-state index in [0.717, 1.165) is 21.9 Å². The summed E-state index contributed by atoms with van der Waals surface area (Å²) in [6.45, 7) is 0. The molecule has 2 aromatic heterocycles. The van der Waals surface area contributed by atoms with E-state index in [-0.39, 0.29) is 0 Å². The summed E-state index contributed by atoms with van der Waals surface area (Å²) in [7, 11) is 1.86. The van der Waals surface area contributed by atoms with Gasteiger partial charge in [0, 0.05) is 12.4 Å². The van der Waals surface area contributed by atoms with E-state index in [1.807, 2.05) is 42.0 Å². The van der Waals surface area contributed by atoms with Crippen LogP contribution in [0.15, 0.2) is 29.4 Å². The van der Waals surface area contributed by atoms with Gasteiger partial charge < -0.3 is 5.32 Å².